The minimum Gasteiger partial charge on any atom is -0.377 e. The lowest BCUT2D eigenvalue weighted by Gasteiger charge is -2.23. The lowest BCUT2D eigenvalue weighted by Crippen LogP contribution is -2.43. The molecule has 0 spiro atoms. The van der Waals surface area contributed by atoms with E-state index < -0.39 is 8.80 Å². The standard InChI is InChI=1S/C6H14O4Si.C3H6/c1-7-11(8-2,9-3)5-6-4-10-6;1-2-3-1/h6H,4-5H2,1-3H3;1-3H2. The molecule has 2 rings (SSSR count). The lowest BCUT2D eigenvalue weighted by atomic mass is 10.6. The van der Waals surface area contributed by atoms with Gasteiger partial charge >= 0.3 is 8.80 Å². The van der Waals surface area contributed by atoms with Gasteiger partial charge < -0.3 is 18.0 Å². The van der Waals surface area contributed by atoms with Gasteiger partial charge in [-0.2, -0.15) is 0 Å². The minimum atomic E-state index is -2.34. The summed E-state index contributed by atoms with van der Waals surface area (Å²) in [5.41, 5.74) is 0. The van der Waals surface area contributed by atoms with Crippen molar-refractivity contribution in [3.8, 4) is 0 Å². The van der Waals surface area contributed by atoms with Crippen molar-refractivity contribution in [2.24, 2.45) is 0 Å². The van der Waals surface area contributed by atoms with Crippen molar-refractivity contribution in [3.05, 3.63) is 0 Å². The van der Waals surface area contributed by atoms with Crippen LogP contribution in [0.25, 0.3) is 0 Å². The highest BCUT2D eigenvalue weighted by Crippen LogP contribution is 2.23. The van der Waals surface area contributed by atoms with E-state index in [2.05, 4.69) is 0 Å². The molecule has 1 saturated heterocycles. The van der Waals surface area contributed by atoms with Crippen LogP contribution in [0, 0.1) is 0 Å². The van der Waals surface area contributed by atoms with E-state index in [1.807, 2.05) is 0 Å². The van der Waals surface area contributed by atoms with E-state index in [1.54, 1.807) is 21.3 Å². The maximum atomic E-state index is 5.20. The predicted molar refractivity (Wildman–Crippen MR) is 55.2 cm³/mol. The number of hydrogen-bond acceptors (Lipinski definition) is 4. The van der Waals surface area contributed by atoms with Crippen LogP contribution in [0.5, 0.6) is 0 Å². The van der Waals surface area contributed by atoms with E-state index in [0.717, 1.165) is 12.7 Å². The van der Waals surface area contributed by atoms with Crippen LogP contribution in [0.2, 0.25) is 6.04 Å². The average molecular weight is 220 g/mol. The Kier molecular flexibility index (Phi) is 5.04. The molecule has 0 radical (unpaired) electrons. The third-order valence-electron chi connectivity index (χ3n) is 2.17. The van der Waals surface area contributed by atoms with Crippen LogP contribution in [-0.4, -0.2) is 42.8 Å². The van der Waals surface area contributed by atoms with E-state index in [-0.39, 0.29) is 0 Å². The Morgan fingerprint density at radius 2 is 1.50 bits per heavy atom. The van der Waals surface area contributed by atoms with Crippen molar-refractivity contribution in [3.63, 3.8) is 0 Å². The molecule has 0 amide bonds. The molecule has 2 fully saturated rings. The Bertz CT molecular complexity index is 144. The van der Waals surface area contributed by atoms with Crippen molar-refractivity contribution in [1.82, 2.24) is 0 Å². The smallest absolute Gasteiger partial charge is 0.377 e. The Morgan fingerprint density at radius 1 is 1.07 bits per heavy atom. The minimum absolute atomic E-state index is 0.293. The summed E-state index contributed by atoms with van der Waals surface area (Å²) in [6.45, 7) is 0.810. The highest BCUT2D eigenvalue weighted by Gasteiger charge is 2.44. The summed E-state index contributed by atoms with van der Waals surface area (Å²) >= 11 is 0. The van der Waals surface area contributed by atoms with Gasteiger partial charge in [-0.15, -0.1) is 0 Å². The van der Waals surface area contributed by atoms with Crippen molar-refractivity contribution in [1.29, 1.82) is 0 Å². The summed E-state index contributed by atoms with van der Waals surface area (Å²) in [6.07, 6.45) is 4.79. The normalized spacial score (nSPS) is 23.8. The van der Waals surface area contributed by atoms with Crippen LogP contribution < -0.4 is 0 Å². The first-order chi connectivity index (χ1) is 6.76. The van der Waals surface area contributed by atoms with Gasteiger partial charge in [-0.1, -0.05) is 19.3 Å². The topological polar surface area (TPSA) is 40.2 Å². The quantitative estimate of drug-likeness (QED) is 0.519. The maximum absolute atomic E-state index is 5.20. The molecule has 2 aliphatic rings. The lowest BCUT2D eigenvalue weighted by molar-refractivity contribution is 0.121. The summed E-state index contributed by atoms with van der Waals surface area (Å²) < 4.78 is 20.7. The molecule has 0 bridgehead atoms. The molecule has 1 unspecified atom stereocenters. The highest BCUT2D eigenvalue weighted by molar-refractivity contribution is 6.60. The zero-order chi connectivity index (χ0) is 10.4. The zero-order valence-corrected chi connectivity index (χ0v) is 10.2. The number of hydrogen-bond donors (Lipinski definition) is 0. The molecule has 0 aromatic carbocycles. The van der Waals surface area contributed by atoms with Gasteiger partial charge in [-0.25, -0.2) is 0 Å². The summed E-state index contributed by atoms with van der Waals surface area (Å²) in [7, 11) is 2.50. The van der Waals surface area contributed by atoms with Gasteiger partial charge in [0.1, 0.15) is 0 Å². The van der Waals surface area contributed by atoms with E-state index in [0.29, 0.717) is 6.10 Å². The summed E-state index contributed by atoms with van der Waals surface area (Å²) in [5, 5.41) is 0. The number of epoxide rings is 1. The van der Waals surface area contributed by atoms with Crippen LogP contribution in [0.15, 0.2) is 0 Å². The number of rotatable bonds is 5. The maximum Gasteiger partial charge on any atom is 0.502 e. The third kappa shape index (κ3) is 4.52. The van der Waals surface area contributed by atoms with Crippen molar-refractivity contribution < 1.29 is 18.0 Å². The van der Waals surface area contributed by atoms with Crippen LogP contribution in [0.4, 0.5) is 0 Å². The zero-order valence-electron chi connectivity index (χ0n) is 9.25. The van der Waals surface area contributed by atoms with Gasteiger partial charge in [0, 0.05) is 27.4 Å². The third-order valence-corrected chi connectivity index (χ3v) is 4.99. The van der Waals surface area contributed by atoms with Gasteiger partial charge in [0.25, 0.3) is 0 Å². The SMILES string of the molecule is C1CC1.CO[Si](CC1CO1)(OC)OC. The van der Waals surface area contributed by atoms with E-state index >= 15 is 0 Å². The van der Waals surface area contributed by atoms with E-state index in [4.69, 9.17) is 18.0 Å². The number of ether oxygens (including phenoxy) is 1. The summed E-state index contributed by atoms with van der Waals surface area (Å²) in [6, 6.07) is 0.760. The van der Waals surface area contributed by atoms with Crippen molar-refractivity contribution in [2.45, 2.75) is 31.4 Å². The summed E-state index contributed by atoms with van der Waals surface area (Å²) in [5.74, 6) is 0. The van der Waals surface area contributed by atoms with Crippen LogP contribution in [0.1, 0.15) is 19.3 Å². The van der Waals surface area contributed by atoms with E-state index in [9.17, 15) is 0 Å². The molecule has 14 heavy (non-hydrogen) atoms. The van der Waals surface area contributed by atoms with Gasteiger partial charge in [0.2, 0.25) is 0 Å². The fourth-order valence-corrected chi connectivity index (χ4v) is 2.76. The van der Waals surface area contributed by atoms with Crippen LogP contribution in [0.3, 0.4) is 0 Å². The van der Waals surface area contributed by atoms with E-state index in [1.165, 1.54) is 19.3 Å². The monoisotopic (exact) mass is 220 g/mol. The molecule has 5 heteroatoms. The molecule has 4 nitrogen and oxygen atoms in total. The molecule has 1 aliphatic carbocycles. The van der Waals surface area contributed by atoms with Gasteiger partial charge in [0.05, 0.1) is 12.7 Å². The Hall–Kier alpha value is 0.0569. The first-order valence-corrected chi connectivity index (χ1v) is 6.96. The fraction of sp³-hybridized carbons (Fsp3) is 1.00. The van der Waals surface area contributed by atoms with Crippen LogP contribution in [-0.2, 0) is 18.0 Å². The second-order valence-electron chi connectivity index (χ2n) is 3.52. The van der Waals surface area contributed by atoms with Crippen LogP contribution >= 0.6 is 0 Å². The molecule has 0 N–H and O–H groups in total. The molecular formula is C9H20O4Si. The Labute approximate surface area is 86.9 Å². The van der Waals surface area contributed by atoms with Gasteiger partial charge in [0.15, 0.2) is 0 Å². The molecule has 1 aliphatic heterocycles. The molecule has 1 heterocycles. The molecule has 0 aromatic heterocycles. The first kappa shape index (κ1) is 12.1. The molecule has 1 atom stereocenters. The molecule has 0 aromatic rings. The first-order valence-electron chi connectivity index (χ1n) is 5.03. The molecule has 84 valence electrons. The predicted octanol–water partition coefficient (Wildman–Crippen LogP) is 1.43. The van der Waals surface area contributed by atoms with Crippen molar-refractivity contribution in [2.75, 3.05) is 27.9 Å². The summed E-state index contributed by atoms with van der Waals surface area (Å²) in [4.78, 5) is 0. The fourth-order valence-electron chi connectivity index (χ4n) is 0.965. The van der Waals surface area contributed by atoms with Gasteiger partial charge in [-0.05, 0) is 0 Å². The second kappa shape index (κ2) is 5.82. The second-order valence-corrected chi connectivity index (χ2v) is 6.51. The average Bonchev–Trinajstić information content (AvgIpc) is 3.08. The molecular weight excluding hydrogens is 200 g/mol. The molecule has 1 saturated carbocycles. The van der Waals surface area contributed by atoms with Gasteiger partial charge in [-0.3, -0.25) is 0 Å². The Balaban J connectivity index is 0.000000276. The van der Waals surface area contributed by atoms with Crippen molar-refractivity contribution >= 4 is 8.80 Å². The highest BCUT2D eigenvalue weighted by atomic mass is 28.4. The Morgan fingerprint density at radius 3 is 1.71 bits per heavy atom. The largest absolute Gasteiger partial charge is 0.502 e.